The van der Waals surface area contributed by atoms with Crippen LogP contribution in [0.4, 0.5) is 0 Å². The molecule has 1 unspecified atom stereocenters. The molecule has 2 nitrogen and oxygen atoms in total. The number of hydrogen-bond acceptors (Lipinski definition) is 1. The second-order valence-electron chi connectivity index (χ2n) is 4.92. The molecule has 0 saturated heterocycles. The van der Waals surface area contributed by atoms with Crippen LogP contribution in [-0.2, 0) is 13.0 Å². The van der Waals surface area contributed by atoms with Gasteiger partial charge >= 0.3 is 0 Å². The minimum Gasteiger partial charge on any atom is -0.350 e. The van der Waals surface area contributed by atoms with Gasteiger partial charge in [-0.3, -0.25) is 0 Å². The molecule has 1 aromatic carbocycles. The summed E-state index contributed by atoms with van der Waals surface area (Å²) in [5, 5.41) is 3.69. The van der Waals surface area contributed by atoms with Gasteiger partial charge in [-0.25, -0.2) is 0 Å². The summed E-state index contributed by atoms with van der Waals surface area (Å²) in [4.78, 5) is 0. The van der Waals surface area contributed by atoms with Gasteiger partial charge in [0.1, 0.15) is 0 Å². The van der Waals surface area contributed by atoms with Crippen LogP contribution in [0.5, 0.6) is 0 Å². The Balaban J connectivity index is 2.06. The minimum atomic E-state index is 0.346. The first-order valence-corrected chi connectivity index (χ1v) is 6.86. The lowest BCUT2D eigenvalue weighted by atomic mass is 9.96. The van der Waals surface area contributed by atoms with Crippen LogP contribution in [0.25, 0.3) is 0 Å². The van der Waals surface area contributed by atoms with E-state index in [0.29, 0.717) is 6.04 Å². The quantitative estimate of drug-likeness (QED) is 0.853. The predicted octanol–water partition coefficient (Wildman–Crippen LogP) is 3.13. The molecule has 2 heteroatoms. The van der Waals surface area contributed by atoms with Crippen LogP contribution >= 0.6 is 0 Å². The van der Waals surface area contributed by atoms with Crippen molar-refractivity contribution in [3.8, 4) is 0 Å². The highest BCUT2D eigenvalue weighted by molar-refractivity contribution is 5.36. The van der Waals surface area contributed by atoms with E-state index in [1.165, 1.54) is 23.2 Å². The standard InChI is InChI=1S/C16H20N2/c1-2-13-7-3-4-8-14(13)16-15-9-5-11-18(15)12-6-10-17-16/h3-5,7-9,11,16-17H,2,6,10,12H2,1H3. The van der Waals surface area contributed by atoms with Gasteiger partial charge in [0, 0.05) is 18.4 Å². The molecule has 0 bridgehead atoms. The van der Waals surface area contributed by atoms with Crippen LogP contribution in [0.1, 0.15) is 36.2 Å². The molecule has 1 aromatic heterocycles. The Labute approximate surface area is 109 Å². The summed E-state index contributed by atoms with van der Waals surface area (Å²) >= 11 is 0. The number of hydrogen-bond donors (Lipinski definition) is 1. The van der Waals surface area contributed by atoms with Crippen molar-refractivity contribution >= 4 is 0 Å². The van der Waals surface area contributed by atoms with E-state index in [-0.39, 0.29) is 0 Å². The largest absolute Gasteiger partial charge is 0.350 e. The van der Waals surface area contributed by atoms with Gasteiger partial charge in [0.25, 0.3) is 0 Å². The smallest absolute Gasteiger partial charge is 0.0733 e. The molecular weight excluding hydrogens is 220 g/mol. The van der Waals surface area contributed by atoms with Gasteiger partial charge in [0.15, 0.2) is 0 Å². The molecule has 0 amide bonds. The lowest BCUT2D eigenvalue weighted by molar-refractivity contribution is 0.605. The highest BCUT2D eigenvalue weighted by atomic mass is 15.1. The van der Waals surface area contributed by atoms with Crippen LogP contribution in [0.2, 0.25) is 0 Å². The fourth-order valence-electron chi connectivity index (χ4n) is 2.90. The number of nitrogens with zero attached hydrogens (tertiary/aromatic N) is 1. The highest BCUT2D eigenvalue weighted by Gasteiger charge is 2.21. The Morgan fingerprint density at radius 1 is 1.22 bits per heavy atom. The van der Waals surface area contributed by atoms with Crippen molar-refractivity contribution in [3.63, 3.8) is 0 Å². The molecule has 1 N–H and O–H groups in total. The van der Waals surface area contributed by atoms with E-state index in [1.807, 2.05) is 0 Å². The molecular formula is C16H20N2. The zero-order chi connectivity index (χ0) is 12.4. The normalized spacial score (nSPS) is 19.3. The number of benzene rings is 1. The van der Waals surface area contributed by atoms with Crippen LogP contribution in [0.3, 0.4) is 0 Å². The zero-order valence-electron chi connectivity index (χ0n) is 10.9. The van der Waals surface area contributed by atoms with E-state index in [0.717, 1.165) is 19.5 Å². The van der Waals surface area contributed by atoms with Crippen LogP contribution in [0.15, 0.2) is 42.6 Å². The maximum absolute atomic E-state index is 3.69. The van der Waals surface area contributed by atoms with Gasteiger partial charge in [0.2, 0.25) is 0 Å². The Kier molecular flexibility index (Phi) is 3.20. The second kappa shape index (κ2) is 4.99. The minimum absolute atomic E-state index is 0.346. The summed E-state index contributed by atoms with van der Waals surface area (Å²) in [5.74, 6) is 0. The Bertz CT molecular complexity index is 527. The lowest BCUT2D eigenvalue weighted by Gasteiger charge is -2.20. The maximum Gasteiger partial charge on any atom is 0.0733 e. The van der Waals surface area contributed by atoms with Gasteiger partial charge in [-0.05, 0) is 42.6 Å². The molecule has 0 radical (unpaired) electrons. The Hall–Kier alpha value is -1.54. The van der Waals surface area contributed by atoms with Crippen molar-refractivity contribution in [1.29, 1.82) is 0 Å². The van der Waals surface area contributed by atoms with Crippen molar-refractivity contribution in [2.75, 3.05) is 6.54 Å². The van der Waals surface area contributed by atoms with E-state index in [9.17, 15) is 0 Å². The van der Waals surface area contributed by atoms with Crippen LogP contribution < -0.4 is 5.32 Å². The molecule has 0 saturated carbocycles. The van der Waals surface area contributed by atoms with Crippen molar-refractivity contribution < 1.29 is 0 Å². The predicted molar refractivity (Wildman–Crippen MR) is 74.7 cm³/mol. The first-order valence-electron chi connectivity index (χ1n) is 6.86. The van der Waals surface area contributed by atoms with E-state index in [4.69, 9.17) is 0 Å². The van der Waals surface area contributed by atoms with Gasteiger partial charge in [0.05, 0.1) is 6.04 Å². The number of nitrogens with one attached hydrogen (secondary N) is 1. The van der Waals surface area contributed by atoms with Crippen molar-refractivity contribution in [2.45, 2.75) is 32.4 Å². The molecule has 1 aliphatic rings. The number of fused-ring (bicyclic) bond motifs is 1. The average Bonchev–Trinajstić information content (AvgIpc) is 2.79. The summed E-state index contributed by atoms with van der Waals surface area (Å²) in [6.45, 7) is 4.44. The van der Waals surface area contributed by atoms with Gasteiger partial charge in [-0.15, -0.1) is 0 Å². The molecule has 1 atom stereocenters. The monoisotopic (exact) mass is 240 g/mol. The van der Waals surface area contributed by atoms with Crippen LogP contribution in [-0.4, -0.2) is 11.1 Å². The van der Waals surface area contributed by atoms with Gasteiger partial charge in [-0.2, -0.15) is 0 Å². The third-order valence-electron chi connectivity index (χ3n) is 3.83. The fraction of sp³-hybridized carbons (Fsp3) is 0.375. The molecule has 2 heterocycles. The van der Waals surface area contributed by atoms with E-state index in [2.05, 4.69) is 59.4 Å². The fourth-order valence-corrected chi connectivity index (χ4v) is 2.90. The summed E-state index contributed by atoms with van der Waals surface area (Å²) in [7, 11) is 0. The van der Waals surface area contributed by atoms with Gasteiger partial charge < -0.3 is 9.88 Å². The third-order valence-corrected chi connectivity index (χ3v) is 3.83. The molecule has 3 rings (SSSR count). The van der Waals surface area contributed by atoms with Crippen molar-refractivity contribution in [2.24, 2.45) is 0 Å². The number of aryl methyl sites for hydroxylation is 2. The lowest BCUT2D eigenvalue weighted by Crippen LogP contribution is -2.23. The first-order chi connectivity index (χ1) is 8.90. The van der Waals surface area contributed by atoms with Gasteiger partial charge in [-0.1, -0.05) is 31.2 Å². The number of aromatic nitrogens is 1. The van der Waals surface area contributed by atoms with Crippen molar-refractivity contribution in [1.82, 2.24) is 9.88 Å². The summed E-state index contributed by atoms with van der Waals surface area (Å²) in [6, 6.07) is 13.5. The Morgan fingerprint density at radius 2 is 2.11 bits per heavy atom. The summed E-state index contributed by atoms with van der Waals surface area (Å²) in [6.07, 6.45) is 4.49. The topological polar surface area (TPSA) is 17.0 Å². The van der Waals surface area contributed by atoms with E-state index < -0.39 is 0 Å². The van der Waals surface area contributed by atoms with Crippen LogP contribution in [0, 0.1) is 0 Å². The van der Waals surface area contributed by atoms with E-state index in [1.54, 1.807) is 0 Å². The average molecular weight is 240 g/mol. The second-order valence-corrected chi connectivity index (χ2v) is 4.92. The molecule has 18 heavy (non-hydrogen) atoms. The maximum atomic E-state index is 3.69. The molecule has 0 spiro atoms. The summed E-state index contributed by atoms with van der Waals surface area (Å²) in [5.41, 5.74) is 4.28. The summed E-state index contributed by atoms with van der Waals surface area (Å²) < 4.78 is 2.39. The Morgan fingerprint density at radius 3 is 3.00 bits per heavy atom. The zero-order valence-corrected chi connectivity index (χ0v) is 10.9. The number of rotatable bonds is 2. The molecule has 1 aliphatic heterocycles. The molecule has 0 fully saturated rings. The van der Waals surface area contributed by atoms with E-state index >= 15 is 0 Å². The first kappa shape index (κ1) is 11.5. The molecule has 94 valence electrons. The molecule has 0 aliphatic carbocycles. The molecule has 2 aromatic rings. The van der Waals surface area contributed by atoms with Crippen molar-refractivity contribution in [3.05, 3.63) is 59.4 Å². The third kappa shape index (κ3) is 1.97. The SMILES string of the molecule is CCc1ccccc1C1NCCCn2cccc21. The highest BCUT2D eigenvalue weighted by Crippen LogP contribution is 2.27.